The molecular weight excluding hydrogens is 160 g/mol. The van der Waals surface area contributed by atoms with Crippen LogP contribution >= 0.6 is 0 Å². The average molecular weight is 172 g/mol. The molecule has 2 heteroatoms. The molecule has 13 heavy (non-hydrogen) atoms. The smallest absolute Gasteiger partial charge is 0.0669 e. The van der Waals surface area contributed by atoms with E-state index in [0.29, 0.717) is 6.42 Å². The molecule has 0 saturated heterocycles. The molecule has 1 atom stereocenters. The lowest BCUT2D eigenvalue weighted by Gasteiger charge is -2.06. The highest BCUT2D eigenvalue weighted by Gasteiger charge is 2.01. The summed E-state index contributed by atoms with van der Waals surface area (Å²) in [6, 6.07) is 9.67. The number of nitriles is 1. The third kappa shape index (κ3) is 2.43. The van der Waals surface area contributed by atoms with Crippen molar-refractivity contribution in [1.82, 2.24) is 0 Å². The van der Waals surface area contributed by atoms with Gasteiger partial charge in [0, 0.05) is 6.04 Å². The molecule has 66 valence electrons. The maximum Gasteiger partial charge on any atom is 0.0669 e. The summed E-state index contributed by atoms with van der Waals surface area (Å²) in [7, 11) is 0. The van der Waals surface area contributed by atoms with Gasteiger partial charge in [-0.05, 0) is 11.1 Å². The first-order valence-electron chi connectivity index (χ1n) is 4.12. The van der Waals surface area contributed by atoms with E-state index >= 15 is 0 Å². The van der Waals surface area contributed by atoms with Crippen molar-refractivity contribution in [2.75, 3.05) is 0 Å². The third-order valence-electron chi connectivity index (χ3n) is 1.87. The van der Waals surface area contributed by atoms with Crippen LogP contribution in [0.2, 0.25) is 0 Å². The summed E-state index contributed by atoms with van der Waals surface area (Å²) in [6.07, 6.45) is 2.11. The number of rotatable bonds is 3. The quantitative estimate of drug-likeness (QED) is 0.708. The van der Waals surface area contributed by atoms with Crippen molar-refractivity contribution >= 4 is 0 Å². The van der Waals surface area contributed by atoms with E-state index in [1.807, 2.05) is 24.3 Å². The molecule has 1 unspecified atom stereocenters. The van der Waals surface area contributed by atoms with Crippen molar-refractivity contribution in [2.45, 2.75) is 12.5 Å². The van der Waals surface area contributed by atoms with Crippen LogP contribution in [0.1, 0.15) is 17.2 Å². The molecule has 0 amide bonds. The molecular formula is C11H12N2. The Morgan fingerprint density at radius 1 is 1.62 bits per heavy atom. The molecule has 0 spiro atoms. The minimum absolute atomic E-state index is 0.140. The second-order valence-electron chi connectivity index (χ2n) is 2.84. The Hall–Kier alpha value is -1.59. The molecule has 2 nitrogen and oxygen atoms in total. The van der Waals surface area contributed by atoms with E-state index < -0.39 is 0 Å². The molecule has 0 saturated carbocycles. The van der Waals surface area contributed by atoms with Gasteiger partial charge in [-0.1, -0.05) is 30.3 Å². The predicted molar refractivity (Wildman–Crippen MR) is 52.9 cm³/mol. The Bertz CT molecular complexity index is 336. The highest BCUT2D eigenvalue weighted by molar-refractivity contribution is 5.29. The van der Waals surface area contributed by atoms with Crippen molar-refractivity contribution in [3.63, 3.8) is 0 Å². The normalized spacial score (nSPS) is 11.7. The van der Waals surface area contributed by atoms with Crippen LogP contribution in [0.5, 0.6) is 0 Å². The third-order valence-corrected chi connectivity index (χ3v) is 1.87. The lowest BCUT2D eigenvalue weighted by Crippen LogP contribution is -2.06. The van der Waals surface area contributed by atoms with Gasteiger partial charge in [0.05, 0.1) is 12.5 Å². The van der Waals surface area contributed by atoms with Gasteiger partial charge in [0.25, 0.3) is 0 Å². The largest absolute Gasteiger partial charge is 0.321 e. The van der Waals surface area contributed by atoms with E-state index in [1.54, 1.807) is 6.08 Å². The average Bonchev–Trinajstić information content (AvgIpc) is 2.18. The first-order valence-corrected chi connectivity index (χ1v) is 4.12. The van der Waals surface area contributed by atoms with Crippen LogP contribution in [0.25, 0.3) is 0 Å². The maximum atomic E-state index is 8.50. The zero-order valence-corrected chi connectivity index (χ0v) is 7.40. The zero-order chi connectivity index (χ0) is 9.68. The van der Waals surface area contributed by atoms with Gasteiger partial charge >= 0.3 is 0 Å². The Morgan fingerprint density at radius 2 is 2.38 bits per heavy atom. The number of nitrogens with two attached hydrogens (primary N) is 1. The summed E-state index contributed by atoms with van der Waals surface area (Å²) in [4.78, 5) is 0. The van der Waals surface area contributed by atoms with Crippen molar-refractivity contribution in [3.05, 3.63) is 48.0 Å². The SMILES string of the molecule is C=CC(N)c1cccc(CC#N)c1. The molecule has 1 aromatic rings. The fourth-order valence-corrected chi connectivity index (χ4v) is 1.14. The molecule has 0 aliphatic rings. The molecule has 0 fully saturated rings. The Morgan fingerprint density at radius 3 is 3.00 bits per heavy atom. The summed E-state index contributed by atoms with van der Waals surface area (Å²) < 4.78 is 0. The number of nitrogens with zero attached hydrogens (tertiary/aromatic N) is 1. The number of benzene rings is 1. The van der Waals surface area contributed by atoms with Gasteiger partial charge in [-0.25, -0.2) is 0 Å². The second kappa shape index (κ2) is 4.44. The van der Waals surface area contributed by atoms with Crippen molar-refractivity contribution in [3.8, 4) is 6.07 Å². The lowest BCUT2D eigenvalue weighted by molar-refractivity contribution is 0.911. The van der Waals surface area contributed by atoms with Crippen molar-refractivity contribution in [1.29, 1.82) is 5.26 Å². The van der Waals surface area contributed by atoms with Crippen molar-refractivity contribution < 1.29 is 0 Å². The fourth-order valence-electron chi connectivity index (χ4n) is 1.14. The standard InChI is InChI=1S/C11H12N2/c1-2-11(13)10-5-3-4-9(8-10)6-7-12/h2-5,8,11H,1,6,13H2. The summed E-state index contributed by atoms with van der Waals surface area (Å²) in [6.45, 7) is 3.62. The molecule has 0 aliphatic carbocycles. The van der Waals surface area contributed by atoms with E-state index in [0.717, 1.165) is 11.1 Å². The van der Waals surface area contributed by atoms with Crippen LogP contribution in [0.15, 0.2) is 36.9 Å². The molecule has 2 N–H and O–H groups in total. The Balaban J connectivity index is 2.92. The van der Waals surface area contributed by atoms with Gasteiger partial charge in [0.1, 0.15) is 0 Å². The minimum atomic E-state index is -0.140. The van der Waals surface area contributed by atoms with Gasteiger partial charge < -0.3 is 5.73 Å². The van der Waals surface area contributed by atoms with Crippen LogP contribution in [0, 0.1) is 11.3 Å². The van der Waals surface area contributed by atoms with Crippen LogP contribution in [0.4, 0.5) is 0 Å². The topological polar surface area (TPSA) is 49.8 Å². The maximum absolute atomic E-state index is 8.50. The van der Waals surface area contributed by atoms with Crippen LogP contribution in [0.3, 0.4) is 0 Å². The second-order valence-corrected chi connectivity index (χ2v) is 2.84. The Kier molecular flexibility index (Phi) is 3.24. The molecule has 0 radical (unpaired) electrons. The van der Waals surface area contributed by atoms with Gasteiger partial charge in [-0.2, -0.15) is 5.26 Å². The monoisotopic (exact) mass is 172 g/mol. The molecule has 0 bridgehead atoms. The fraction of sp³-hybridized carbons (Fsp3) is 0.182. The summed E-state index contributed by atoms with van der Waals surface area (Å²) in [5, 5.41) is 8.50. The number of hydrogen-bond acceptors (Lipinski definition) is 2. The highest BCUT2D eigenvalue weighted by atomic mass is 14.6. The van der Waals surface area contributed by atoms with E-state index in [2.05, 4.69) is 12.6 Å². The van der Waals surface area contributed by atoms with Crippen LogP contribution in [-0.4, -0.2) is 0 Å². The van der Waals surface area contributed by atoms with Crippen molar-refractivity contribution in [2.24, 2.45) is 5.73 Å². The van der Waals surface area contributed by atoms with E-state index in [4.69, 9.17) is 11.0 Å². The first kappa shape index (κ1) is 9.50. The van der Waals surface area contributed by atoms with E-state index in [1.165, 1.54) is 0 Å². The molecule has 0 aromatic heterocycles. The molecule has 0 aliphatic heterocycles. The van der Waals surface area contributed by atoms with Gasteiger partial charge in [0.2, 0.25) is 0 Å². The Labute approximate surface area is 78.3 Å². The lowest BCUT2D eigenvalue weighted by atomic mass is 10.0. The molecule has 1 rings (SSSR count). The zero-order valence-electron chi connectivity index (χ0n) is 7.40. The van der Waals surface area contributed by atoms with Gasteiger partial charge in [-0.15, -0.1) is 6.58 Å². The highest BCUT2D eigenvalue weighted by Crippen LogP contribution is 2.13. The minimum Gasteiger partial charge on any atom is -0.321 e. The molecule has 1 aromatic carbocycles. The molecule has 0 heterocycles. The van der Waals surface area contributed by atoms with E-state index in [9.17, 15) is 0 Å². The summed E-state index contributed by atoms with van der Waals surface area (Å²) in [5.74, 6) is 0. The number of hydrogen-bond donors (Lipinski definition) is 1. The van der Waals surface area contributed by atoms with Gasteiger partial charge in [-0.3, -0.25) is 0 Å². The van der Waals surface area contributed by atoms with E-state index in [-0.39, 0.29) is 6.04 Å². The van der Waals surface area contributed by atoms with Crippen LogP contribution < -0.4 is 5.73 Å². The summed E-state index contributed by atoms with van der Waals surface area (Å²) in [5.41, 5.74) is 7.76. The summed E-state index contributed by atoms with van der Waals surface area (Å²) >= 11 is 0. The van der Waals surface area contributed by atoms with Gasteiger partial charge in [0.15, 0.2) is 0 Å². The van der Waals surface area contributed by atoms with Crippen LogP contribution in [-0.2, 0) is 6.42 Å². The predicted octanol–water partition coefficient (Wildman–Crippen LogP) is 1.94. The first-order chi connectivity index (χ1) is 6.27.